The average Bonchev–Trinajstić information content (AvgIpc) is 3.18. The van der Waals surface area contributed by atoms with E-state index in [4.69, 9.17) is 9.26 Å². The van der Waals surface area contributed by atoms with Gasteiger partial charge in [-0.3, -0.25) is 0 Å². The van der Waals surface area contributed by atoms with Crippen LogP contribution in [0.2, 0.25) is 0 Å². The minimum atomic E-state index is 0.420. The minimum absolute atomic E-state index is 0.420. The number of benzene rings is 1. The lowest BCUT2D eigenvalue weighted by atomic mass is 10.2. The molecule has 5 nitrogen and oxygen atoms in total. The number of thioether (sulfide) groups is 1. The molecule has 2 atom stereocenters. The van der Waals surface area contributed by atoms with E-state index in [2.05, 4.69) is 22.4 Å². The molecule has 0 amide bonds. The SMILES string of the molecule is CCSC1CCCC1Nc1nc(-c2cccc(OC)c2)no1. The van der Waals surface area contributed by atoms with Gasteiger partial charge >= 0.3 is 6.01 Å². The van der Waals surface area contributed by atoms with Crippen LogP contribution < -0.4 is 10.1 Å². The van der Waals surface area contributed by atoms with E-state index in [1.165, 1.54) is 12.8 Å². The Morgan fingerprint density at radius 3 is 3.14 bits per heavy atom. The molecule has 1 N–H and O–H groups in total. The van der Waals surface area contributed by atoms with Crippen molar-refractivity contribution >= 4 is 17.8 Å². The highest BCUT2D eigenvalue weighted by Gasteiger charge is 2.28. The van der Waals surface area contributed by atoms with Gasteiger partial charge in [-0.1, -0.05) is 30.6 Å². The second-order valence-electron chi connectivity index (χ2n) is 5.33. The molecule has 6 heteroatoms. The van der Waals surface area contributed by atoms with Crippen LogP contribution in [0.25, 0.3) is 11.4 Å². The Balaban J connectivity index is 1.70. The molecule has 2 aromatic rings. The number of nitrogens with one attached hydrogen (secondary N) is 1. The maximum absolute atomic E-state index is 5.36. The Bertz CT molecular complexity index is 617. The predicted octanol–water partition coefficient (Wildman–Crippen LogP) is 3.83. The molecule has 0 aliphatic heterocycles. The number of hydrogen-bond acceptors (Lipinski definition) is 6. The van der Waals surface area contributed by atoms with Crippen molar-refractivity contribution in [3.8, 4) is 17.1 Å². The van der Waals surface area contributed by atoms with Crippen LogP contribution in [0.4, 0.5) is 6.01 Å². The van der Waals surface area contributed by atoms with E-state index in [0.29, 0.717) is 23.1 Å². The minimum Gasteiger partial charge on any atom is -0.497 e. The third-order valence-electron chi connectivity index (χ3n) is 3.90. The monoisotopic (exact) mass is 319 g/mol. The Morgan fingerprint density at radius 2 is 2.32 bits per heavy atom. The largest absolute Gasteiger partial charge is 0.497 e. The molecule has 0 radical (unpaired) electrons. The third kappa shape index (κ3) is 3.38. The van der Waals surface area contributed by atoms with Crippen molar-refractivity contribution in [2.45, 2.75) is 37.5 Å². The first-order valence-corrected chi connectivity index (χ1v) is 8.71. The van der Waals surface area contributed by atoms with Crippen molar-refractivity contribution in [3.05, 3.63) is 24.3 Å². The van der Waals surface area contributed by atoms with Gasteiger partial charge < -0.3 is 14.6 Å². The first kappa shape index (κ1) is 15.2. The van der Waals surface area contributed by atoms with E-state index in [9.17, 15) is 0 Å². The number of anilines is 1. The van der Waals surface area contributed by atoms with Crippen LogP contribution in [0.1, 0.15) is 26.2 Å². The van der Waals surface area contributed by atoms with Crippen LogP contribution in [-0.2, 0) is 0 Å². The number of rotatable bonds is 6. The molecule has 1 aliphatic rings. The maximum atomic E-state index is 5.36. The summed E-state index contributed by atoms with van der Waals surface area (Å²) in [6, 6.07) is 8.59. The second kappa shape index (κ2) is 7.05. The molecule has 2 unspecified atom stereocenters. The van der Waals surface area contributed by atoms with Gasteiger partial charge in [0.1, 0.15) is 5.75 Å². The lowest BCUT2D eigenvalue weighted by Crippen LogP contribution is -2.26. The van der Waals surface area contributed by atoms with Crippen molar-refractivity contribution in [2.24, 2.45) is 0 Å². The van der Waals surface area contributed by atoms with E-state index >= 15 is 0 Å². The zero-order valence-electron chi connectivity index (χ0n) is 12.9. The summed E-state index contributed by atoms with van der Waals surface area (Å²) >= 11 is 2.01. The van der Waals surface area contributed by atoms with Crippen molar-refractivity contribution in [1.29, 1.82) is 0 Å². The van der Waals surface area contributed by atoms with Gasteiger partial charge in [0.05, 0.1) is 7.11 Å². The first-order valence-electron chi connectivity index (χ1n) is 7.66. The van der Waals surface area contributed by atoms with Crippen LogP contribution in [0.5, 0.6) is 5.75 Å². The van der Waals surface area contributed by atoms with E-state index in [1.807, 2.05) is 36.0 Å². The molecule has 1 fully saturated rings. The number of aromatic nitrogens is 2. The Kier molecular flexibility index (Phi) is 4.87. The van der Waals surface area contributed by atoms with Gasteiger partial charge in [-0.25, -0.2) is 0 Å². The van der Waals surface area contributed by atoms with Crippen LogP contribution in [0.15, 0.2) is 28.8 Å². The molecule has 22 heavy (non-hydrogen) atoms. The summed E-state index contributed by atoms with van der Waals surface area (Å²) in [5.74, 6) is 2.51. The van der Waals surface area contributed by atoms with Crippen LogP contribution in [0.3, 0.4) is 0 Å². The lowest BCUT2D eigenvalue weighted by Gasteiger charge is -2.18. The quantitative estimate of drug-likeness (QED) is 0.873. The Morgan fingerprint density at radius 1 is 1.41 bits per heavy atom. The maximum Gasteiger partial charge on any atom is 0.322 e. The third-order valence-corrected chi connectivity index (χ3v) is 5.22. The molecule has 1 heterocycles. The zero-order chi connectivity index (χ0) is 15.4. The molecule has 1 aromatic carbocycles. The number of nitrogens with zero attached hydrogens (tertiary/aromatic N) is 2. The zero-order valence-corrected chi connectivity index (χ0v) is 13.7. The van der Waals surface area contributed by atoms with Crippen LogP contribution in [0, 0.1) is 0 Å². The Labute approximate surface area is 134 Å². The van der Waals surface area contributed by atoms with Crippen molar-refractivity contribution in [2.75, 3.05) is 18.2 Å². The summed E-state index contributed by atoms with van der Waals surface area (Å²) in [5, 5.41) is 8.10. The average molecular weight is 319 g/mol. The van der Waals surface area contributed by atoms with Crippen LogP contribution in [-0.4, -0.2) is 34.3 Å². The van der Waals surface area contributed by atoms with Gasteiger partial charge in [0.2, 0.25) is 5.82 Å². The fraction of sp³-hybridized carbons (Fsp3) is 0.500. The highest BCUT2D eigenvalue weighted by atomic mass is 32.2. The van der Waals surface area contributed by atoms with Gasteiger partial charge in [-0.15, -0.1) is 0 Å². The van der Waals surface area contributed by atoms with Gasteiger partial charge in [-0.05, 0) is 30.7 Å². The molecular formula is C16H21N3O2S. The van der Waals surface area contributed by atoms with E-state index in [0.717, 1.165) is 23.5 Å². The van der Waals surface area contributed by atoms with E-state index in [1.54, 1.807) is 7.11 Å². The van der Waals surface area contributed by atoms with Gasteiger partial charge in [-0.2, -0.15) is 16.7 Å². The number of ether oxygens (including phenoxy) is 1. The van der Waals surface area contributed by atoms with Gasteiger partial charge in [0.25, 0.3) is 0 Å². The van der Waals surface area contributed by atoms with Gasteiger partial charge in [0, 0.05) is 16.9 Å². The fourth-order valence-electron chi connectivity index (χ4n) is 2.82. The molecule has 0 bridgehead atoms. The molecular weight excluding hydrogens is 298 g/mol. The number of methoxy groups -OCH3 is 1. The number of hydrogen-bond donors (Lipinski definition) is 1. The molecule has 118 valence electrons. The highest BCUT2D eigenvalue weighted by Crippen LogP contribution is 2.32. The second-order valence-corrected chi connectivity index (χ2v) is 6.85. The molecule has 0 saturated heterocycles. The summed E-state index contributed by atoms with van der Waals surface area (Å²) in [6.45, 7) is 2.20. The summed E-state index contributed by atoms with van der Waals surface area (Å²) in [6.07, 6.45) is 3.67. The standard InChI is InChI=1S/C16H21N3O2S/c1-3-22-14-9-5-8-13(14)17-16-18-15(19-21-16)11-6-4-7-12(10-11)20-2/h4,6-7,10,13-14H,3,5,8-9H2,1-2H3,(H,17,18,19). The highest BCUT2D eigenvalue weighted by molar-refractivity contribution is 7.99. The molecule has 1 aliphatic carbocycles. The van der Waals surface area contributed by atoms with E-state index < -0.39 is 0 Å². The molecule has 1 saturated carbocycles. The molecule has 3 rings (SSSR count). The summed E-state index contributed by atoms with van der Waals surface area (Å²) in [5.41, 5.74) is 0.891. The smallest absolute Gasteiger partial charge is 0.322 e. The summed E-state index contributed by atoms with van der Waals surface area (Å²) < 4.78 is 10.6. The lowest BCUT2D eigenvalue weighted by molar-refractivity contribution is 0.414. The van der Waals surface area contributed by atoms with Crippen molar-refractivity contribution in [1.82, 2.24) is 10.1 Å². The van der Waals surface area contributed by atoms with E-state index in [-0.39, 0.29) is 0 Å². The summed E-state index contributed by atoms with van der Waals surface area (Å²) in [7, 11) is 1.65. The summed E-state index contributed by atoms with van der Waals surface area (Å²) in [4.78, 5) is 4.46. The van der Waals surface area contributed by atoms with Gasteiger partial charge in [0.15, 0.2) is 0 Å². The van der Waals surface area contributed by atoms with Crippen molar-refractivity contribution < 1.29 is 9.26 Å². The first-order chi connectivity index (χ1) is 10.8. The normalized spacial score (nSPS) is 21.0. The molecule has 0 spiro atoms. The van der Waals surface area contributed by atoms with Crippen LogP contribution >= 0.6 is 11.8 Å². The predicted molar refractivity (Wildman–Crippen MR) is 89.5 cm³/mol. The molecule has 1 aromatic heterocycles. The van der Waals surface area contributed by atoms with Crippen molar-refractivity contribution in [3.63, 3.8) is 0 Å². The Hall–Kier alpha value is -1.69. The fourth-order valence-corrected chi connectivity index (χ4v) is 4.02. The topological polar surface area (TPSA) is 60.2 Å².